The number of rotatable bonds is 7. The monoisotopic (exact) mass is 295 g/mol. The molecule has 0 saturated carbocycles. The second kappa shape index (κ2) is 6.46. The molecule has 1 aromatic heterocycles. The SMILES string of the molecule is CC(CCNS(=O)(=O)c1ccc(CO)o1)S(C)=O. The van der Waals surface area contributed by atoms with Crippen LogP contribution in [0, 0.1) is 0 Å². The predicted octanol–water partition coefficient (Wildman–Crippen LogP) is 0.207. The van der Waals surface area contributed by atoms with E-state index >= 15 is 0 Å². The lowest BCUT2D eigenvalue weighted by molar-refractivity contribution is 0.236. The third-order valence-electron chi connectivity index (χ3n) is 2.47. The Hall–Kier alpha value is -0.700. The fraction of sp³-hybridized carbons (Fsp3) is 0.600. The molecule has 0 saturated heterocycles. The van der Waals surface area contributed by atoms with Crippen molar-refractivity contribution in [3.8, 4) is 0 Å². The number of aliphatic hydroxyl groups is 1. The van der Waals surface area contributed by atoms with E-state index < -0.39 is 20.8 Å². The van der Waals surface area contributed by atoms with Gasteiger partial charge in [0.25, 0.3) is 10.0 Å². The minimum atomic E-state index is -3.70. The van der Waals surface area contributed by atoms with E-state index in [1.54, 1.807) is 13.2 Å². The molecule has 0 bridgehead atoms. The van der Waals surface area contributed by atoms with E-state index in [1.807, 2.05) is 0 Å². The number of aliphatic hydroxyl groups excluding tert-OH is 1. The molecule has 0 aliphatic heterocycles. The Morgan fingerprint density at radius 2 is 2.17 bits per heavy atom. The largest absolute Gasteiger partial charge is 0.446 e. The first kappa shape index (κ1) is 15.4. The van der Waals surface area contributed by atoms with E-state index in [1.165, 1.54) is 12.1 Å². The average molecular weight is 295 g/mol. The molecule has 0 spiro atoms. The van der Waals surface area contributed by atoms with Gasteiger partial charge in [-0.3, -0.25) is 4.21 Å². The number of furan rings is 1. The second-order valence-corrected chi connectivity index (χ2v) is 7.37. The third kappa shape index (κ3) is 4.20. The molecule has 2 atom stereocenters. The van der Waals surface area contributed by atoms with Crippen molar-refractivity contribution in [3.05, 3.63) is 17.9 Å². The summed E-state index contributed by atoms with van der Waals surface area (Å²) < 4.78 is 41.9. The normalized spacial score (nSPS) is 15.5. The van der Waals surface area contributed by atoms with Crippen molar-refractivity contribution in [1.29, 1.82) is 0 Å². The van der Waals surface area contributed by atoms with E-state index in [4.69, 9.17) is 9.52 Å². The molecule has 0 aromatic carbocycles. The highest BCUT2D eigenvalue weighted by molar-refractivity contribution is 7.89. The van der Waals surface area contributed by atoms with E-state index in [9.17, 15) is 12.6 Å². The van der Waals surface area contributed by atoms with Crippen LogP contribution in [-0.4, -0.2) is 35.8 Å². The highest BCUT2D eigenvalue weighted by Crippen LogP contribution is 2.13. The standard InChI is InChI=1S/C10H17NO5S2/c1-8(17(2)13)5-6-11-18(14,15)10-4-3-9(7-12)16-10/h3-4,8,11-12H,5-7H2,1-2H3. The molecule has 2 N–H and O–H groups in total. The molecule has 0 aliphatic rings. The van der Waals surface area contributed by atoms with Gasteiger partial charge in [0.15, 0.2) is 0 Å². The zero-order valence-corrected chi connectivity index (χ0v) is 11.9. The Morgan fingerprint density at radius 1 is 1.50 bits per heavy atom. The molecule has 2 unspecified atom stereocenters. The molecular formula is C10H17NO5S2. The van der Waals surface area contributed by atoms with Crippen molar-refractivity contribution in [2.75, 3.05) is 12.8 Å². The molecule has 18 heavy (non-hydrogen) atoms. The number of hydrogen-bond acceptors (Lipinski definition) is 5. The van der Waals surface area contributed by atoms with Gasteiger partial charge in [-0.05, 0) is 18.6 Å². The summed E-state index contributed by atoms with van der Waals surface area (Å²) in [4.78, 5) is 0. The molecule has 8 heteroatoms. The van der Waals surface area contributed by atoms with Crippen LogP contribution in [0.5, 0.6) is 0 Å². The van der Waals surface area contributed by atoms with Crippen LogP contribution in [0.3, 0.4) is 0 Å². The highest BCUT2D eigenvalue weighted by atomic mass is 32.2. The topological polar surface area (TPSA) is 96.6 Å². The van der Waals surface area contributed by atoms with Crippen LogP contribution in [0.15, 0.2) is 21.6 Å². The minimum absolute atomic E-state index is 0.0719. The van der Waals surface area contributed by atoms with Gasteiger partial charge in [-0.2, -0.15) is 0 Å². The summed E-state index contributed by atoms with van der Waals surface area (Å²) >= 11 is 0. The van der Waals surface area contributed by atoms with Gasteiger partial charge in [0.2, 0.25) is 5.09 Å². The number of nitrogens with one attached hydrogen (secondary N) is 1. The molecule has 104 valence electrons. The van der Waals surface area contributed by atoms with Crippen LogP contribution in [0.4, 0.5) is 0 Å². The Kier molecular flexibility index (Phi) is 5.51. The Morgan fingerprint density at radius 3 is 2.67 bits per heavy atom. The van der Waals surface area contributed by atoms with Gasteiger partial charge in [-0.25, -0.2) is 13.1 Å². The van der Waals surface area contributed by atoms with Crippen LogP contribution < -0.4 is 4.72 Å². The summed E-state index contributed by atoms with van der Waals surface area (Å²) in [6.07, 6.45) is 2.06. The van der Waals surface area contributed by atoms with E-state index in [-0.39, 0.29) is 29.3 Å². The van der Waals surface area contributed by atoms with E-state index in [0.29, 0.717) is 6.42 Å². The maximum Gasteiger partial charge on any atom is 0.273 e. The van der Waals surface area contributed by atoms with Crippen LogP contribution in [0.1, 0.15) is 19.1 Å². The van der Waals surface area contributed by atoms with Crippen LogP contribution in [0.25, 0.3) is 0 Å². The predicted molar refractivity (Wildman–Crippen MR) is 68.0 cm³/mol. The van der Waals surface area contributed by atoms with Gasteiger partial charge in [0.1, 0.15) is 12.4 Å². The maximum atomic E-state index is 11.8. The Balaban J connectivity index is 2.57. The molecule has 1 rings (SSSR count). The van der Waals surface area contributed by atoms with Crippen molar-refractivity contribution in [3.63, 3.8) is 0 Å². The van der Waals surface area contributed by atoms with Crippen molar-refractivity contribution >= 4 is 20.8 Å². The first-order valence-corrected chi connectivity index (χ1v) is 8.48. The molecular weight excluding hydrogens is 278 g/mol. The Bertz CT molecular complexity index is 508. The molecule has 0 radical (unpaired) electrons. The maximum absolute atomic E-state index is 11.8. The van der Waals surface area contributed by atoms with Crippen molar-refractivity contribution in [1.82, 2.24) is 4.72 Å². The third-order valence-corrected chi connectivity index (χ3v) is 5.17. The van der Waals surface area contributed by atoms with Crippen LogP contribution in [-0.2, 0) is 27.4 Å². The van der Waals surface area contributed by atoms with Gasteiger partial charge < -0.3 is 9.52 Å². The van der Waals surface area contributed by atoms with Gasteiger partial charge in [-0.15, -0.1) is 0 Å². The quantitative estimate of drug-likeness (QED) is 0.749. The molecule has 1 heterocycles. The number of sulfonamides is 1. The fourth-order valence-corrected chi connectivity index (χ4v) is 2.66. The summed E-state index contributed by atoms with van der Waals surface area (Å²) in [5.74, 6) is 0.193. The molecule has 0 aliphatic carbocycles. The molecule has 6 nitrogen and oxygen atoms in total. The summed E-state index contributed by atoms with van der Waals surface area (Å²) in [5.41, 5.74) is 0. The van der Waals surface area contributed by atoms with Gasteiger partial charge in [-0.1, -0.05) is 6.92 Å². The van der Waals surface area contributed by atoms with E-state index in [2.05, 4.69) is 4.72 Å². The first-order chi connectivity index (χ1) is 8.36. The zero-order chi connectivity index (χ0) is 13.8. The first-order valence-electron chi connectivity index (χ1n) is 5.38. The summed E-state index contributed by atoms with van der Waals surface area (Å²) in [7, 11) is -4.67. The highest BCUT2D eigenvalue weighted by Gasteiger charge is 2.18. The summed E-state index contributed by atoms with van der Waals surface area (Å²) in [5, 5.41) is 8.49. The van der Waals surface area contributed by atoms with Crippen LogP contribution in [0.2, 0.25) is 0 Å². The fourth-order valence-electron chi connectivity index (χ4n) is 1.22. The lowest BCUT2D eigenvalue weighted by Gasteiger charge is -2.08. The molecule has 1 aromatic rings. The average Bonchev–Trinajstić information content (AvgIpc) is 2.77. The second-order valence-electron chi connectivity index (χ2n) is 3.87. The van der Waals surface area contributed by atoms with E-state index in [0.717, 1.165) is 0 Å². The number of hydrogen-bond donors (Lipinski definition) is 2. The Labute approximate surface area is 109 Å². The van der Waals surface area contributed by atoms with Gasteiger partial charge in [0, 0.05) is 28.9 Å². The van der Waals surface area contributed by atoms with Crippen LogP contribution >= 0.6 is 0 Å². The van der Waals surface area contributed by atoms with Crippen molar-refractivity contribution in [2.24, 2.45) is 0 Å². The van der Waals surface area contributed by atoms with Crippen molar-refractivity contribution < 1.29 is 22.2 Å². The summed E-state index contributed by atoms with van der Waals surface area (Å²) in [6.45, 7) is 1.64. The zero-order valence-electron chi connectivity index (χ0n) is 10.3. The lowest BCUT2D eigenvalue weighted by atomic mass is 10.3. The molecule has 0 amide bonds. The van der Waals surface area contributed by atoms with Gasteiger partial charge in [0.05, 0.1) is 0 Å². The lowest BCUT2D eigenvalue weighted by Crippen LogP contribution is -2.27. The van der Waals surface area contributed by atoms with Crippen molar-refractivity contribution in [2.45, 2.75) is 30.3 Å². The smallest absolute Gasteiger partial charge is 0.273 e. The summed E-state index contributed by atoms with van der Waals surface area (Å²) in [6, 6.07) is 2.69. The van der Waals surface area contributed by atoms with Gasteiger partial charge >= 0.3 is 0 Å². The molecule has 0 fully saturated rings. The minimum Gasteiger partial charge on any atom is -0.446 e.